The van der Waals surface area contributed by atoms with Gasteiger partial charge >= 0.3 is 11.9 Å². The first-order valence-electron chi connectivity index (χ1n) is 14.1. The van der Waals surface area contributed by atoms with Crippen LogP contribution in [0.1, 0.15) is 99.3 Å². The Morgan fingerprint density at radius 3 is 2.14 bits per heavy atom. The minimum Gasteiger partial charge on any atom is -0.481 e. The number of hydrogen-bond donors (Lipinski definition) is 4. The van der Waals surface area contributed by atoms with Crippen molar-refractivity contribution >= 4 is 11.9 Å². The Hall–Kier alpha value is -1.40. The summed E-state index contributed by atoms with van der Waals surface area (Å²) in [5, 5.41) is 43.5. The van der Waals surface area contributed by atoms with Crippen molar-refractivity contribution in [1.82, 2.24) is 0 Å². The first-order chi connectivity index (χ1) is 16.5. The van der Waals surface area contributed by atoms with Crippen LogP contribution in [0.25, 0.3) is 0 Å². The Kier molecular flexibility index (Phi) is 5.53. The molecule has 0 aromatic rings. The summed E-state index contributed by atoms with van der Waals surface area (Å²) in [4.78, 5) is 25.4. The number of carbonyl (C=O) groups is 2. The molecule has 0 bridgehead atoms. The van der Waals surface area contributed by atoms with E-state index < -0.39 is 40.4 Å². The average molecular weight is 503 g/mol. The number of carboxylic acid groups (broad SMARTS) is 2. The molecule has 5 rings (SSSR count). The lowest BCUT2D eigenvalue weighted by molar-refractivity contribution is -0.224. The van der Waals surface area contributed by atoms with Crippen LogP contribution in [0, 0.1) is 50.7 Å². The number of carboxylic acids is 2. The Bertz CT molecular complexity index is 1020. The molecule has 0 aromatic heterocycles. The summed E-state index contributed by atoms with van der Waals surface area (Å²) in [6.45, 7) is 12.6. The monoisotopic (exact) mass is 502 g/mol. The van der Waals surface area contributed by atoms with Crippen LogP contribution >= 0.6 is 0 Å². The molecule has 6 nitrogen and oxygen atoms in total. The molecule has 5 aliphatic carbocycles. The van der Waals surface area contributed by atoms with E-state index in [-0.39, 0.29) is 34.0 Å². The van der Waals surface area contributed by atoms with Crippen LogP contribution < -0.4 is 0 Å². The third kappa shape index (κ3) is 2.81. The predicted molar refractivity (Wildman–Crippen MR) is 136 cm³/mol. The number of rotatable bonds is 2. The Balaban J connectivity index is 1.64. The smallest absolute Gasteiger partial charge is 0.312 e. The van der Waals surface area contributed by atoms with E-state index in [1.54, 1.807) is 6.92 Å². The molecule has 4 N–H and O–H groups in total. The number of fused-ring (bicyclic) bond motifs is 7. The van der Waals surface area contributed by atoms with E-state index in [1.165, 1.54) is 0 Å². The first kappa shape index (κ1) is 26.2. The van der Waals surface area contributed by atoms with Crippen molar-refractivity contribution in [2.75, 3.05) is 0 Å². The molecular formula is C30H46O6. The van der Waals surface area contributed by atoms with Crippen LogP contribution in [0.2, 0.25) is 0 Å². The fraction of sp³-hybridized carbons (Fsp3) is 0.867. The van der Waals surface area contributed by atoms with E-state index in [0.29, 0.717) is 19.3 Å². The summed E-state index contributed by atoms with van der Waals surface area (Å²) in [5.41, 5.74) is -2.66. The molecule has 11 atom stereocenters. The lowest BCUT2D eigenvalue weighted by Gasteiger charge is -2.71. The Labute approximate surface area is 215 Å². The number of aliphatic hydroxyl groups excluding tert-OH is 1. The predicted octanol–water partition coefficient (Wildman–Crippen LogP) is 5.27. The van der Waals surface area contributed by atoms with Gasteiger partial charge in [0.25, 0.3) is 0 Å². The molecule has 0 heterocycles. The van der Waals surface area contributed by atoms with E-state index in [4.69, 9.17) is 0 Å². The molecule has 0 amide bonds. The van der Waals surface area contributed by atoms with Crippen LogP contribution in [0.15, 0.2) is 11.6 Å². The molecule has 0 saturated heterocycles. The van der Waals surface area contributed by atoms with Crippen molar-refractivity contribution < 1.29 is 30.0 Å². The molecule has 0 aromatic carbocycles. The van der Waals surface area contributed by atoms with Crippen LogP contribution in [-0.2, 0) is 9.59 Å². The summed E-state index contributed by atoms with van der Waals surface area (Å²) in [7, 11) is 0. The van der Waals surface area contributed by atoms with Gasteiger partial charge in [-0.2, -0.15) is 0 Å². The number of hydrogen-bond acceptors (Lipinski definition) is 4. The van der Waals surface area contributed by atoms with Gasteiger partial charge in [0.2, 0.25) is 0 Å². The molecule has 4 saturated carbocycles. The second-order valence-electron chi connectivity index (χ2n) is 14.5. The summed E-state index contributed by atoms with van der Waals surface area (Å²) < 4.78 is 0. The summed E-state index contributed by atoms with van der Waals surface area (Å²) >= 11 is 0. The first-order valence-corrected chi connectivity index (χ1v) is 14.1. The summed E-state index contributed by atoms with van der Waals surface area (Å²) in [6, 6.07) is 0. The van der Waals surface area contributed by atoms with Crippen molar-refractivity contribution in [3.63, 3.8) is 0 Å². The van der Waals surface area contributed by atoms with Gasteiger partial charge in [-0.05, 0) is 106 Å². The number of aliphatic carboxylic acids is 2. The summed E-state index contributed by atoms with van der Waals surface area (Å²) in [5.74, 6) is -1.93. The molecule has 202 valence electrons. The van der Waals surface area contributed by atoms with Gasteiger partial charge in [-0.3, -0.25) is 9.59 Å². The van der Waals surface area contributed by atoms with Gasteiger partial charge in [0.1, 0.15) is 0 Å². The Morgan fingerprint density at radius 1 is 0.861 bits per heavy atom. The molecule has 0 radical (unpaired) electrons. The molecule has 0 aliphatic heterocycles. The van der Waals surface area contributed by atoms with Crippen molar-refractivity contribution in [1.29, 1.82) is 0 Å². The van der Waals surface area contributed by atoms with Crippen LogP contribution in [0.4, 0.5) is 0 Å². The Morgan fingerprint density at radius 2 is 1.53 bits per heavy atom. The number of allylic oxidation sites excluding steroid dienone is 1. The molecule has 5 aliphatic rings. The highest BCUT2D eigenvalue weighted by atomic mass is 16.4. The van der Waals surface area contributed by atoms with Crippen LogP contribution in [0.5, 0.6) is 0 Å². The largest absolute Gasteiger partial charge is 0.481 e. The fourth-order valence-corrected chi connectivity index (χ4v) is 10.8. The molecule has 4 fully saturated rings. The lowest BCUT2D eigenvalue weighted by Crippen LogP contribution is -2.68. The average Bonchev–Trinajstić information content (AvgIpc) is 2.79. The molecular weight excluding hydrogens is 456 g/mol. The molecule has 2 unspecified atom stereocenters. The molecule has 36 heavy (non-hydrogen) atoms. The maximum atomic E-state index is 12.8. The number of aliphatic hydroxyl groups is 2. The highest BCUT2D eigenvalue weighted by Gasteiger charge is 2.72. The summed E-state index contributed by atoms with van der Waals surface area (Å²) in [6.07, 6.45) is 7.77. The maximum absolute atomic E-state index is 12.8. The highest BCUT2D eigenvalue weighted by Crippen LogP contribution is 2.76. The van der Waals surface area contributed by atoms with E-state index in [2.05, 4.69) is 33.8 Å². The van der Waals surface area contributed by atoms with Gasteiger partial charge in [0, 0.05) is 5.92 Å². The van der Waals surface area contributed by atoms with E-state index >= 15 is 0 Å². The fourth-order valence-electron chi connectivity index (χ4n) is 10.8. The normalized spacial score (nSPS) is 56.3. The van der Waals surface area contributed by atoms with Gasteiger partial charge in [0.15, 0.2) is 0 Å². The minimum atomic E-state index is -1.16. The third-order valence-electron chi connectivity index (χ3n) is 13.6. The van der Waals surface area contributed by atoms with E-state index in [0.717, 1.165) is 44.1 Å². The SMILES string of the molecule is C[C@@H]1CC[C@]2(C(=O)O)CC[C@]3(C)C(=CC[C@@H]4[C@@]5(C)CC[C@@H](O)C(C)(C(=O)O)C5CC[C@]43C)[C@@H]2[C@]1(C)O. The highest BCUT2D eigenvalue weighted by molar-refractivity contribution is 5.77. The van der Waals surface area contributed by atoms with Gasteiger partial charge < -0.3 is 20.4 Å². The third-order valence-corrected chi connectivity index (χ3v) is 13.6. The quantitative estimate of drug-likeness (QED) is 0.383. The zero-order chi connectivity index (χ0) is 26.7. The lowest BCUT2D eigenvalue weighted by atomic mass is 9.33. The topological polar surface area (TPSA) is 115 Å². The standard InChI is InChI=1S/C30H46O6/c1-17-9-14-30(24(34)35)16-15-26(3)18(22(30)29(17,6)36)7-8-19-25(2)12-11-21(31)28(5,23(32)33)20(25)10-13-27(19,26)4/h7,17,19-22,31,36H,8-16H2,1-6H3,(H,32,33)(H,34,35)/t17-,19-,20?,21-,22-,25-,26-,27-,28?,29-,30+/m1/s1. The van der Waals surface area contributed by atoms with Gasteiger partial charge in [-0.15, -0.1) is 0 Å². The van der Waals surface area contributed by atoms with Crippen molar-refractivity contribution in [3.8, 4) is 0 Å². The molecule has 0 spiro atoms. The minimum absolute atomic E-state index is 0.0214. The van der Waals surface area contributed by atoms with Crippen molar-refractivity contribution in [3.05, 3.63) is 11.6 Å². The second-order valence-corrected chi connectivity index (χ2v) is 14.5. The van der Waals surface area contributed by atoms with Gasteiger partial charge in [0.05, 0.1) is 22.5 Å². The van der Waals surface area contributed by atoms with Gasteiger partial charge in [-0.25, -0.2) is 0 Å². The molecule has 6 heteroatoms. The van der Waals surface area contributed by atoms with Crippen LogP contribution in [0.3, 0.4) is 0 Å². The zero-order valence-corrected chi connectivity index (χ0v) is 22.9. The van der Waals surface area contributed by atoms with Crippen LogP contribution in [-0.4, -0.2) is 44.1 Å². The zero-order valence-electron chi connectivity index (χ0n) is 22.9. The van der Waals surface area contributed by atoms with E-state index in [1.807, 2.05) is 6.92 Å². The second kappa shape index (κ2) is 7.59. The van der Waals surface area contributed by atoms with Gasteiger partial charge in [-0.1, -0.05) is 39.3 Å². The van der Waals surface area contributed by atoms with E-state index in [9.17, 15) is 30.0 Å². The van der Waals surface area contributed by atoms with Crippen molar-refractivity contribution in [2.24, 2.45) is 50.7 Å². The maximum Gasteiger partial charge on any atom is 0.312 e. The van der Waals surface area contributed by atoms with Crippen molar-refractivity contribution in [2.45, 2.75) is 111 Å².